The summed E-state index contributed by atoms with van der Waals surface area (Å²) >= 11 is 1.23. The van der Waals surface area contributed by atoms with Gasteiger partial charge in [-0.3, -0.25) is 4.79 Å². The Morgan fingerprint density at radius 3 is 2.70 bits per heavy atom. The topological polar surface area (TPSA) is 83.6 Å². The van der Waals surface area contributed by atoms with E-state index in [1.54, 1.807) is 12.4 Å². The second kappa shape index (κ2) is 7.16. The van der Waals surface area contributed by atoms with E-state index in [1.807, 2.05) is 0 Å². The molecular weight excluding hydrogens is 274 g/mol. The third kappa shape index (κ3) is 4.75. The first-order chi connectivity index (χ1) is 9.63. The van der Waals surface area contributed by atoms with E-state index >= 15 is 0 Å². The lowest BCUT2D eigenvalue weighted by atomic mass is 10.2. The number of nitrogens with zero attached hydrogens (tertiary/aromatic N) is 3. The molecule has 0 fully saturated rings. The highest BCUT2D eigenvalue weighted by atomic mass is 32.2. The van der Waals surface area contributed by atoms with Crippen molar-refractivity contribution < 1.29 is 0 Å². The van der Waals surface area contributed by atoms with Crippen LogP contribution in [0.15, 0.2) is 39.8 Å². The smallest absolute Gasteiger partial charge is 0.251 e. The molecule has 0 radical (unpaired) electrons. The van der Waals surface area contributed by atoms with E-state index < -0.39 is 0 Å². The number of aromatic nitrogens is 4. The van der Waals surface area contributed by atoms with Gasteiger partial charge in [0.25, 0.3) is 5.56 Å². The van der Waals surface area contributed by atoms with E-state index in [0.717, 1.165) is 18.7 Å². The number of H-pyrrole nitrogens is 1. The van der Waals surface area contributed by atoms with Gasteiger partial charge >= 0.3 is 0 Å². The monoisotopic (exact) mass is 291 g/mol. The third-order valence-electron chi connectivity index (χ3n) is 2.40. The third-order valence-corrected chi connectivity index (χ3v) is 3.19. The Balaban J connectivity index is 1.93. The van der Waals surface area contributed by atoms with Crippen LogP contribution < -0.4 is 10.9 Å². The average Bonchev–Trinajstić information content (AvgIpc) is 2.40. The predicted octanol–water partition coefficient (Wildman–Crippen LogP) is 1.46. The quantitative estimate of drug-likeness (QED) is 0.784. The fourth-order valence-corrected chi connectivity index (χ4v) is 2.13. The maximum absolute atomic E-state index is 11.1. The molecule has 0 saturated heterocycles. The molecule has 2 heterocycles. The molecule has 0 unspecified atom stereocenters. The van der Waals surface area contributed by atoms with Crippen LogP contribution in [0.5, 0.6) is 0 Å². The predicted molar refractivity (Wildman–Crippen MR) is 77.6 cm³/mol. The van der Waals surface area contributed by atoms with Gasteiger partial charge in [0.2, 0.25) is 0 Å². The fourth-order valence-electron chi connectivity index (χ4n) is 1.48. The number of nitrogens with one attached hydrogen (secondary N) is 2. The first-order valence-electron chi connectivity index (χ1n) is 6.38. The van der Waals surface area contributed by atoms with Crippen LogP contribution in [0.2, 0.25) is 0 Å². The van der Waals surface area contributed by atoms with Crippen molar-refractivity contribution in [3.63, 3.8) is 0 Å². The molecule has 0 aromatic carbocycles. The zero-order valence-corrected chi connectivity index (χ0v) is 12.3. The summed E-state index contributed by atoms with van der Waals surface area (Å²) in [6.07, 6.45) is 5.03. The molecule has 0 aliphatic rings. The second-order valence-corrected chi connectivity index (χ2v) is 5.70. The van der Waals surface area contributed by atoms with Crippen molar-refractivity contribution >= 4 is 11.8 Å². The Morgan fingerprint density at radius 2 is 2.05 bits per heavy atom. The van der Waals surface area contributed by atoms with Crippen molar-refractivity contribution in [1.82, 2.24) is 25.3 Å². The molecule has 0 amide bonds. The summed E-state index contributed by atoms with van der Waals surface area (Å²) in [7, 11) is 0. The summed E-state index contributed by atoms with van der Waals surface area (Å²) in [4.78, 5) is 26.3. The molecule has 7 heteroatoms. The molecule has 0 spiro atoms. The van der Waals surface area contributed by atoms with Crippen LogP contribution in [0.1, 0.15) is 19.4 Å². The van der Waals surface area contributed by atoms with Crippen molar-refractivity contribution in [2.45, 2.75) is 30.7 Å². The van der Waals surface area contributed by atoms with Crippen molar-refractivity contribution in [3.05, 3.63) is 40.6 Å². The van der Waals surface area contributed by atoms with Gasteiger partial charge in [-0.2, -0.15) is 0 Å². The van der Waals surface area contributed by atoms with Crippen molar-refractivity contribution in [2.24, 2.45) is 5.92 Å². The summed E-state index contributed by atoms with van der Waals surface area (Å²) < 4.78 is 0. The van der Waals surface area contributed by atoms with Crippen LogP contribution in [0, 0.1) is 5.92 Å². The van der Waals surface area contributed by atoms with Gasteiger partial charge in [-0.1, -0.05) is 13.8 Å². The Hall–Kier alpha value is -1.73. The van der Waals surface area contributed by atoms with Crippen LogP contribution in [0.25, 0.3) is 0 Å². The van der Waals surface area contributed by atoms with Gasteiger partial charge < -0.3 is 10.3 Å². The molecule has 2 rings (SSSR count). The standard InChI is InChI=1S/C13H17N5OS/c1-9(2)5-14-6-10-7-16-12(17-8-10)20-13-15-4-3-11(19)18-13/h3-4,7-9,14H,5-6H2,1-2H3,(H,15,18,19). The SMILES string of the molecule is CC(C)CNCc1cnc(Sc2nccc(=O)[nH]2)nc1. The van der Waals surface area contributed by atoms with E-state index in [9.17, 15) is 4.79 Å². The van der Waals surface area contributed by atoms with Crippen molar-refractivity contribution in [2.75, 3.05) is 6.54 Å². The second-order valence-electron chi connectivity index (χ2n) is 4.74. The number of aromatic amines is 1. The lowest BCUT2D eigenvalue weighted by molar-refractivity contribution is 0.550. The summed E-state index contributed by atoms with van der Waals surface area (Å²) in [5.41, 5.74) is 0.849. The molecule has 20 heavy (non-hydrogen) atoms. The average molecular weight is 291 g/mol. The summed E-state index contributed by atoms with van der Waals surface area (Å²) in [6, 6.07) is 1.37. The minimum absolute atomic E-state index is 0.183. The van der Waals surface area contributed by atoms with Crippen LogP contribution in [-0.4, -0.2) is 26.5 Å². The van der Waals surface area contributed by atoms with Gasteiger partial charge in [-0.05, 0) is 24.2 Å². The number of rotatable bonds is 6. The Kier molecular flexibility index (Phi) is 5.25. The largest absolute Gasteiger partial charge is 0.312 e. The maximum atomic E-state index is 11.1. The summed E-state index contributed by atoms with van der Waals surface area (Å²) in [5.74, 6) is 0.617. The number of hydrogen-bond acceptors (Lipinski definition) is 6. The maximum Gasteiger partial charge on any atom is 0.251 e. The highest BCUT2D eigenvalue weighted by Crippen LogP contribution is 2.18. The molecule has 0 saturated carbocycles. The van der Waals surface area contributed by atoms with Crippen LogP contribution in [0.4, 0.5) is 0 Å². The Morgan fingerprint density at radius 1 is 1.30 bits per heavy atom. The van der Waals surface area contributed by atoms with E-state index in [1.165, 1.54) is 24.0 Å². The van der Waals surface area contributed by atoms with Crippen molar-refractivity contribution in [1.29, 1.82) is 0 Å². The first kappa shape index (κ1) is 14.7. The molecular formula is C13H17N5OS. The highest BCUT2D eigenvalue weighted by Gasteiger charge is 2.03. The minimum Gasteiger partial charge on any atom is -0.312 e. The minimum atomic E-state index is -0.183. The molecule has 0 bridgehead atoms. The highest BCUT2D eigenvalue weighted by molar-refractivity contribution is 7.99. The molecule has 6 nitrogen and oxygen atoms in total. The van der Waals surface area contributed by atoms with E-state index in [0.29, 0.717) is 16.2 Å². The lowest BCUT2D eigenvalue weighted by Crippen LogP contribution is -2.19. The van der Waals surface area contributed by atoms with Gasteiger partial charge in [0, 0.05) is 36.8 Å². The molecule has 0 aliphatic carbocycles. The summed E-state index contributed by atoms with van der Waals surface area (Å²) in [5, 5.41) is 4.38. The molecule has 106 valence electrons. The fraction of sp³-hybridized carbons (Fsp3) is 0.385. The van der Waals surface area contributed by atoms with Gasteiger partial charge in [-0.15, -0.1) is 0 Å². The Bertz CT molecular complexity index is 596. The van der Waals surface area contributed by atoms with Crippen LogP contribution in [-0.2, 0) is 6.54 Å². The Labute approximate surface area is 121 Å². The molecule has 2 aromatic rings. The van der Waals surface area contributed by atoms with E-state index in [2.05, 4.69) is 39.1 Å². The van der Waals surface area contributed by atoms with Crippen LogP contribution in [0.3, 0.4) is 0 Å². The molecule has 0 aliphatic heterocycles. The van der Waals surface area contributed by atoms with Crippen molar-refractivity contribution in [3.8, 4) is 0 Å². The van der Waals surface area contributed by atoms with Gasteiger partial charge in [-0.25, -0.2) is 15.0 Å². The van der Waals surface area contributed by atoms with E-state index in [-0.39, 0.29) is 5.56 Å². The first-order valence-corrected chi connectivity index (χ1v) is 7.20. The molecule has 2 N–H and O–H groups in total. The lowest BCUT2D eigenvalue weighted by Gasteiger charge is -2.07. The van der Waals surface area contributed by atoms with Crippen LogP contribution >= 0.6 is 11.8 Å². The zero-order chi connectivity index (χ0) is 14.4. The number of hydrogen-bond donors (Lipinski definition) is 2. The van der Waals surface area contributed by atoms with Gasteiger partial charge in [0.1, 0.15) is 0 Å². The van der Waals surface area contributed by atoms with Gasteiger partial charge in [0.05, 0.1) is 0 Å². The molecule has 0 atom stereocenters. The normalized spacial score (nSPS) is 10.9. The molecule has 2 aromatic heterocycles. The van der Waals surface area contributed by atoms with Gasteiger partial charge in [0.15, 0.2) is 10.3 Å². The summed E-state index contributed by atoms with van der Waals surface area (Å²) in [6.45, 7) is 6.04. The zero-order valence-electron chi connectivity index (χ0n) is 11.5. The van der Waals surface area contributed by atoms with E-state index in [4.69, 9.17) is 0 Å².